The standard InChI is InChI=1S/C21H32O2/c1-3-21-12-11-17-16-8-6-15(23-4-2)13-14(16)5-7-18(17)19(21)9-10-20(21)22/h5,13,16-20,22H,3-4,6-12H2,1-2H3/t16-,17+,18+,19-,20-,21-/m0/s1. The molecule has 0 unspecified atom stereocenters. The summed E-state index contributed by atoms with van der Waals surface area (Å²) in [5.41, 5.74) is 1.80. The molecule has 4 aliphatic carbocycles. The van der Waals surface area contributed by atoms with Crippen molar-refractivity contribution < 1.29 is 9.84 Å². The average molecular weight is 316 g/mol. The third-order valence-electron chi connectivity index (χ3n) is 7.75. The van der Waals surface area contributed by atoms with E-state index in [0.29, 0.717) is 0 Å². The lowest BCUT2D eigenvalue weighted by molar-refractivity contribution is -0.0604. The number of hydrogen-bond donors (Lipinski definition) is 1. The lowest BCUT2D eigenvalue weighted by Crippen LogP contribution is -2.47. The number of rotatable bonds is 3. The van der Waals surface area contributed by atoms with E-state index in [1.807, 2.05) is 0 Å². The van der Waals surface area contributed by atoms with Crippen LogP contribution in [0.2, 0.25) is 0 Å². The van der Waals surface area contributed by atoms with Crippen LogP contribution < -0.4 is 0 Å². The van der Waals surface area contributed by atoms with Crippen LogP contribution in [0, 0.1) is 29.1 Å². The average Bonchev–Trinajstić information content (AvgIpc) is 2.92. The Balaban J connectivity index is 1.60. The Morgan fingerprint density at radius 2 is 2.04 bits per heavy atom. The summed E-state index contributed by atoms with van der Waals surface area (Å²) in [5, 5.41) is 10.6. The minimum atomic E-state index is -0.0420. The fraction of sp³-hybridized carbons (Fsp3) is 0.810. The van der Waals surface area contributed by atoms with E-state index < -0.39 is 0 Å². The van der Waals surface area contributed by atoms with Crippen LogP contribution in [0.1, 0.15) is 65.2 Å². The summed E-state index contributed by atoms with van der Waals surface area (Å²) in [6.45, 7) is 5.17. The van der Waals surface area contributed by atoms with Crippen LogP contribution in [0.25, 0.3) is 0 Å². The molecule has 0 heterocycles. The molecule has 0 aromatic heterocycles. The molecule has 0 bridgehead atoms. The van der Waals surface area contributed by atoms with Gasteiger partial charge in [0.05, 0.1) is 18.5 Å². The highest BCUT2D eigenvalue weighted by atomic mass is 16.5. The number of allylic oxidation sites excluding steroid dienone is 4. The van der Waals surface area contributed by atoms with Gasteiger partial charge in [0.1, 0.15) is 0 Å². The smallest absolute Gasteiger partial charge is 0.0962 e. The molecular weight excluding hydrogens is 284 g/mol. The molecule has 0 spiro atoms. The molecule has 128 valence electrons. The van der Waals surface area contributed by atoms with Crippen LogP contribution in [-0.4, -0.2) is 17.8 Å². The first kappa shape index (κ1) is 15.7. The van der Waals surface area contributed by atoms with Gasteiger partial charge in [-0.3, -0.25) is 0 Å². The summed E-state index contributed by atoms with van der Waals surface area (Å²) in [7, 11) is 0. The van der Waals surface area contributed by atoms with Crippen LogP contribution in [0.3, 0.4) is 0 Å². The van der Waals surface area contributed by atoms with Gasteiger partial charge in [-0.05, 0) is 92.6 Å². The minimum absolute atomic E-state index is 0.0420. The summed E-state index contributed by atoms with van der Waals surface area (Å²) >= 11 is 0. The molecule has 0 aromatic carbocycles. The van der Waals surface area contributed by atoms with Crippen molar-refractivity contribution in [2.45, 2.75) is 71.3 Å². The van der Waals surface area contributed by atoms with Crippen molar-refractivity contribution in [2.75, 3.05) is 6.61 Å². The normalized spacial score (nSPS) is 45.4. The zero-order chi connectivity index (χ0) is 16.0. The van der Waals surface area contributed by atoms with E-state index in [1.165, 1.54) is 37.9 Å². The monoisotopic (exact) mass is 316 g/mol. The molecule has 0 amide bonds. The van der Waals surface area contributed by atoms with Crippen LogP contribution in [0.4, 0.5) is 0 Å². The Bertz CT molecular complexity index is 520. The van der Waals surface area contributed by atoms with Gasteiger partial charge in [-0.25, -0.2) is 0 Å². The van der Waals surface area contributed by atoms with Crippen molar-refractivity contribution in [3.63, 3.8) is 0 Å². The highest BCUT2D eigenvalue weighted by Crippen LogP contribution is 2.62. The van der Waals surface area contributed by atoms with Gasteiger partial charge in [-0.15, -0.1) is 0 Å². The predicted molar refractivity (Wildman–Crippen MR) is 92.8 cm³/mol. The largest absolute Gasteiger partial charge is 0.498 e. The molecule has 0 saturated heterocycles. The Morgan fingerprint density at radius 3 is 2.83 bits per heavy atom. The van der Waals surface area contributed by atoms with E-state index in [4.69, 9.17) is 4.74 Å². The molecule has 0 radical (unpaired) electrons. The van der Waals surface area contributed by atoms with Gasteiger partial charge in [0.25, 0.3) is 0 Å². The molecule has 4 rings (SSSR count). The zero-order valence-electron chi connectivity index (χ0n) is 14.8. The lowest BCUT2D eigenvalue weighted by atomic mass is 9.52. The van der Waals surface area contributed by atoms with Gasteiger partial charge in [-0.2, -0.15) is 0 Å². The first-order valence-corrected chi connectivity index (χ1v) is 9.91. The number of fused-ring (bicyclic) bond motifs is 5. The maximum Gasteiger partial charge on any atom is 0.0962 e. The maximum atomic E-state index is 10.6. The number of hydrogen-bond acceptors (Lipinski definition) is 2. The Morgan fingerprint density at radius 1 is 1.17 bits per heavy atom. The van der Waals surface area contributed by atoms with Crippen LogP contribution in [-0.2, 0) is 4.74 Å². The van der Waals surface area contributed by atoms with E-state index in [1.54, 1.807) is 5.57 Å². The van der Waals surface area contributed by atoms with Gasteiger partial charge < -0.3 is 9.84 Å². The first-order chi connectivity index (χ1) is 11.2. The molecular formula is C21H32O2. The quantitative estimate of drug-likeness (QED) is 0.807. The third kappa shape index (κ3) is 2.32. The highest BCUT2D eigenvalue weighted by molar-refractivity contribution is 5.31. The Hall–Kier alpha value is -0.760. The van der Waals surface area contributed by atoms with Crippen molar-refractivity contribution in [1.29, 1.82) is 0 Å². The molecule has 23 heavy (non-hydrogen) atoms. The van der Waals surface area contributed by atoms with Crippen molar-refractivity contribution in [3.8, 4) is 0 Å². The third-order valence-corrected chi connectivity index (χ3v) is 7.75. The lowest BCUT2D eigenvalue weighted by Gasteiger charge is -2.53. The molecule has 4 aliphatic rings. The fourth-order valence-corrected chi connectivity index (χ4v) is 6.69. The number of aliphatic hydroxyl groups excluding tert-OH is 1. The van der Waals surface area contributed by atoms with Crippen molar-refractivity contribution in [2.24, 2.45) is 29.1 Å². The molecule has 2 nitrogen and oxygen atoms in total. The molecule has 0 aromatic rings. The van der Waals surface area contributed by atoms with Crippen LogP contribution >= 0.6 is 0 Å². The summed E-state index contributed by atoms with van der Waals surface area (Å²) in [6.07, 6.45) is 14.5. The summed E-state index contributed by atoms with van der Waals surface area (Å²) in [5.74, 6) is 4.38. The second-order valence-corrected chi connectivity index (χ2v) is 8.28. The van der Waals surface area contributed by atoms with E-state index >= 15 is 0 Å². The van der Waals surface area contributed by atoms with Crippen LogP contribution in [0.5, 0.6) is 0 Å². The Kier molecular flexibility index (Phi) is 4.07. The topological polar surface area (TPSA) is 29.5 Å². The molecule has 6 atom stereocenters. The van der Waals surface area contributed by atoms with E-state index in [2.05, 4.69) is 26.0 Å². The van der Waals surface area contributed by atoms with Crippen molar-refractivity contribution in [1.82, 2.24) is 0 Å². The van der Waals surface area contributed by atoms with Gasteiger partial charge >= 0.3 is 0 Å². The van der Waals surface area contributed by atoms with Gasteiger partial charge in [0.15, 0.2) is 0 Å². The van der Waals surface area contributed by atoms with E-state index in [9.17, 15) is 5.11 Å². The maximum absolute atomic E-state index is 10.6. The zero-order valence-corrected chi connectivity index (χ0v) is 14.8. The van der Waals surface area contributed by atoms with Gasteiger partial charge in [0, 0.05) is 6.42 Å². The number of aliphatic hydroxyl groups is 1. The minimum Gasteiger partial charge on any atom is -0.498 e. The molecule has 2 heteroatoms. The summed E-state index contributed by atoms with van der Waals surface area (Å²) in [4.78, 5) is 0. The second kappa shape index (κ2) is 5.95. The summed E-state index contributed by atoms with van der Waals surface area (Å²) in [6, 6.07) is 0. The highest BCUT2D eigenvalue weighted by Gasteiger charge is 2.56. The predicted octanol–water partition coefficient (Wildman–Crippen LogP) is 4.84. The summed E-state index contributed by atoms with van der Waals surface area (Å²) < 4.78 is 5.77. The first-order valence-electron chi connectivity index (χ1n) is 9.91. The molecule has 1 N–H and O–H groups in total. The van der Waals surface area contributed by atoms with Gasteiger partial charge in [-0.1, -0.05) is 13.0 Å². The van der Waals surface area contributed by atoms with Crippen molar-refractivity contribution in [3.05, 3.63) is 23.5 Å². The van der Waals surface area contributed by atoms with E-state index in [0.717, 1.165) is 49.5 Å². The fourth-order valence-electron chi connectivity index (χ4n) is 6.69. The molecule has 0 aliphatic heterocycles. The number of ether oxygens (including phenoxy) is 1. The van der Waals surface area contributed by atoms with Gasteiger partial charge in [0.2, 0.25) is 0 Å². The Labute approximate surface area is 141 Å². The van der Waals surface area contributed by atoms with E-state index in [-0.39, 0.29) is 11.5 Å². The van der Waals surface area contributed by atoms with Crippen molar-refractivity contribution >= 4 is 0 Å². The van der Waals surface area contributed by atoms with Crippen LogP contribution in [0.15, 0.2) is 23.5 Å². The molecule has 2 saturated carbocycles. The SMILES string of the molecule is CCOC1=CC2=CC[C@@H]3[C@H](CC[C@]4(CC)[C@@H](O)CC[C@@H]34)[C@H]2CC1. The molecule has 2 fully saturated rings. The second-order valence-electron chi connectivity index (χ2n) is 8.28.